The summed E-state index contributed by atoms with van der Waals surface area (Å²) in [5, 5.41) is 6.30. The van der Waals surface area contributed by atoms with Crippen molar-refractivity contribution < 1.29 is 9.18 Å². The van der Waals surface area contributed by atoms with Gasteiger partial charge in [-0.25, -0.2) is 4.39 Å². The van der Waals surface area contributed by atoms with E-state index < -0.39 is 0 Å². The summed E-state index contributed by atoms with van der Waals surface area (Å²) < 4.78 is 12.9. The van der Waals surface area contributed by atoms with Crippen LogP contribution in [-0.4, -0.2) is 19.0 Å². The summed E-state index contributed by atoms with van der Waals surface area (Å²) in [5.41, 5.74) is 0.640. The van der Waals surface area contributed by atoms with Crippen LogP contribution in [0.15, 0.2) is 24.3 Å². The van der Waals surface area contributed by atoms with Gasteiger partial charge >= 0.3 is 0 Å². The predicted molar refractivity (Wildman–Crippen MR) is 73.2 cm³/mol. The van der Waals surface area contributed by atoms with Crippen LogP contribution >= 0.6 is 0 Å². The van der Waals surface area contributed by atoms with Crippen LogP contribution in [0.25, 0.3) is 0 Å². The van der Waals surface area contributed by atoms with Crippen molar-refractivity contribution in [2.45, 2.75) is 32.7 Å². The molecule has 2 atom stereocenters. The van der Waals surface area contributed by atoms with E-state index in [4.69, 9.17) is 0 Å². The van der Waals surface area contributed by atoms with Gasteiger partial charge in [-0.2, -0.15) is 0 Å². The fraction of sp³-hybridized carbons (Fsp3) is 0.533. The fourth-order valence-corrected chi connectivity index (χ4v) is 2.58. The van der Waals surface area contributed by atoms with Crippen molar-refractivity contribution in [3.8, 4) is 0 Å². The Morgan fingerprint density at radius 2 is 2.16 bits per heavy atom. The molecule has 1 unspecified atom stereocenters. The van der Waals surface area contributed by atoms with Gasteiger partial charge < -0.3 is 10.6 Å². The van der Waals surface area contributed by atoms with Crippen molar-refractivity contribution >= 4 is 5.91 Å². The van der Waals surface area contributed by atoms with E-state index in [9.17, 15) is 9.18 Å². The van der Waals surface area contributed by atoms with Crippen LogP contribution in [-0.2, 0) is 4.79 Å². The van der Waals surface area contributed by atoms with Crippen molar-refractivity contribution in [2.24, 2.45) is 5.41 Å². The highest BCUT2D eigenvalue weighted by Gasteiger charge is 2.39. The highest BCUT2D eigenvalue weighted by Crippen LogP contribution is 2.30. The van der Waals surface area contributed by atoms with E-state index in [0.29, 0.717) is 0 Å². The summed E-state index contributed by atoms with van der Waals surface area (Å²) in [7, 11) is 0. The molecule has 0 aromatic heterocycles. The summed E-state index contributed by atoms with van der Waals surface area (Å²) in [6, 6.07) is 6.17. The molecule has 104 valence electrons. The Balaban J connectivity index is 2.04. The normalized spacial score (nSPS) is 24.2. The van der Waals surface area contributed by atoms with Crippen LogP contribution in [0, 0.1) is 11.2 Å². The molecule has 0 spiro atoms. The Morgan fingerprint density at radius 3 is 2.68 bits per heavy atom. The highest BCUT2D eigenvalue weighted by molar-refractivity contribution is 5.83. The molecule has 0 aliphatic carbocycles. The van der Waals surface area contributed by atoms with Crippen molar-refractivity contribution in [1.29, 1.82) is 0 Å². The summed E-state index contributed by atoms with van der Waals surface area (Å²) >= 11 is 0. The van der Waals surface area contributed by atoms with E-state index in [2.05, 4.69) is 17.6 Å². The fourth-order valence-electron chi connectivity index (χ4n) is 2.58. The standard InChI is InChI=1S/C15H21FN2O/c1-3-15(8-9-17-10-15)14(19)18-11(2)12-4-6-13(16)7-5-12/h4-7,11,17H,3,8-10H2,1-2H3,(H,18,19)/t11-,15?/m1/s1. The lowest BCUT2D eigenvalue weighted by atomic mass is 9.83. The Kier molecular flexibility index (Phi) is 4.20. The first kappa shape index (κ1) is 14.0. The van der Waals surface area contributed by atoms with Crippen molar-refractivity contribution in [3.05, 3.63) is 35.6 Å². The number of hydrogen-bond acceptors (Lipinski definition) is 2. The maximum atomic E-state index is 12.9. The van der Waals surface area contributed by atoms with Gasteiger partial charge in [0.2, 0.25) is 5.91 Å². The molecule has 0 radical (unpaired) electrons. The van der Waals surface area contributed by atoms with Crippen molar-refractivity contribution in [1.82, 2.24) is 10.6 Å². The van der Waals surface area contributed by atoms with Gasteiger partial charge in [0.05, 0.1) is 11.5 Å². The van der Waals surface area contributed by atoms with Gasteiger partial charge in [-0.1, -0.05) is 19.1 Å². The second kappa shape index (κ2) is 5.70. The van der Waals surface area contributed by atoms with E-state index in [1.807, 2.05) is 6.92 Å². The van der Waals surface area contributed by atoms with Crippen LogP contribution in [0.1, 0.15) is 38.3 Å². The molecule has 1 aromatic carbocycles. The quantitative estimate of drug-likeness (QED) is 0.876. The van der Waals surface area contributed by atoms with Gasteiger partial charge in [0.1, 0.15) is 5.82 Å². The van der Waals surface area contributed by atoms with Gasteiger partial charge in [0, 0.05) is 6.54 Å². The van der Waals surface area contributed by atoms with E-state index in [1.165, 1.54) is 12.1 Å². The van der Waals surface area contributed by atoms with Gasteiger partial charge in [0.25, 0.3) is 0 Å². The molecular formula is C15H21FN2O. The third kappa shape index (κ3) is 2.95. The van der Waals surface area contributed by atoms with Gasteiger partial charge in [-0.15, -0.1) is 0 Å². The summed E-state index contributed by atoms with van der Waals surface area (Å²) in [6.07, 6.45) is 1.72. The third-order valence-electron chi connectivity index (χ3n) is 4.12. The lowest BCUT2D eigenvalue weighted by Gasteiger charge is -2.27. The number of carbonyl (C=O) groups is 1. The van der Waals surface area contributed by atoms with Crippen molar-refractivity contribution in [3.63, 3.8) is 0 Å². The SMILES string of the molecule is CCC1(C(=O)N[C@H](C)c2ccc(F)cc2)CCNC1. The van der Waals surface area contributed by atoms with Crippen LogP contribution in [0.4, 0.5) is 4.39 Å². The monoisotopic (exact) mass is 264 g/mol. The molecule has 19 heavy (non-hydrogen) atoms. The number of hydrogen-bond donors (Lipinski definition) is 2. The molecule has 4 heteroatoms. The lowest BCUT2D eigenvalue weighted by molar-refractivity contribution is -0.131. The molecule has 1 fully saturated rings. The number of rotatable bonds is 4. The average Bonchev–Trinajstić information content (AvgIpc) is 2.89. The smallest absolute Gasteiger partial charge is 0.228 e. The predicted octanol–water partition coefficient (Wildman–Crippen LogP) is 2.39. The Morgan fingerprint density at radius 1 is 1.47 bits per heavy atom. The summed E-state index contributed by atoms with van der Waals surface area (Å²) in [5.74, 6) is -0.163. The molecule has 1 aliphatic heterocycles. The van der Waals surface area contributed by atoms with E-state index >= 15 is 0 Å². The molecule has 2 rings (SSSR count). The minimum atomic E-state index is -0.283. The lowest BCUT2D eigenvalue weighted by Crippen LogP contribution is -2.43. The molecule has 1 heterocycles. The Labute approximate surface area is 113 Å². The molecule has 1 amide bonds. The zero-order chi connectivity index (χ0) is 13.9. The first-order valence-electron chi connectivity index (χ1n) is 6.84. The maximum Gasteiger partial charge on any atom is 0.228 e. The molecule has 1 aromatic rings. The molecular weight excluding hydrogens is 243 g/mol. The van der Waals surface area contributed by atoms with Gasteiger partial charge in [-0.3, -0.25) is 4.79 Å². The van der Waals surface area contributed by atoms with Gasteiger partial charge in [-0.05, 0) is 44.0 Å². The molecule has 3 nitrogen and oxygen atoms in total. The second-order valence-corrected chi connectivity index (χ2v) is 5.31. The third-order valence-corrected chi connectivity index (χ3v) is 4.12. The van der Waals surface area contributed by atoms with Crippen LogP contribution in [0.5, 0.6) is 0 Å². The van der Waals surface area contributed by atoms with E-state index in [1.54, 1.807) is 12.1 Å². The number of nitrogens with one attached hydrogen (secondary N) is 2. The van der Waals surface area contributed by atoms with Crippen LogP contribution < -0.4 is 10.6 Å². The highest BCUT2D eigenvalue weighted by atomic mass is 19.1. The Bertz CT molecular complexity index is 438. The van der Waals surface area contributed by atoms with Gasteiger partial charge in [0.15, 0.2) is 0 Å². The number of benzene rings is 1. The number of carbonyl (C=O) groups excluding carboxylic acids is 1. The summed E-state index contributed by atoms with van der Waals surface area (Å²) in [6.45, 7) is 5.61. The molecule has 1 aliphatic rings. The molecule has 2 N–H and O–H groups in total. The molecule has 0 saturated carbocycles. The number of halogens is 1. The first-order valence-corrected chi connectivity index (χ1v) is 6.84. The first-order chi connectivity index (χ1) is 9.07. The van der Waals surface area contributed by atoms with Crippen molar-refractivity contribution in [2.75, 3.05) is 13.1 Å². The zero-order valence-electron chi connectivity index (χ0n) is 11.5. The maximum absolute atomic E-state index is 12.9. The molecule has 1 saturated heterocycles. The molecule has 0 bridgehead atoms. The number of amides is 1. The van der Waals surface area contributed by atoms with E-state index in [-0.39, 0.29) is 23.2 Å². The topological polar surface area (TPSA) is 41.1 Å². The summed E-state index contributed by atoms with van der Waals surface area (Å²) in [4.78, 5) is 12.4. The second-order valence-electron chi connectivity index (χ2n) is 5.31. The van der Waals surface area contributed by atoms with Crippen LogP contribution in [0.3, 0.4) is 0 Å². The van der Waals surface area contributed by atoms with E-state index in [0.717, 1.165) is 31.5 Å². The average molecular weight is 264 g/mol. The minimum Gasteiger partial charge on any atom is -0.349 e. The Hall–Kier alpha value is -1.42. The largest absolute Gasteiger partial charge is 0.349 e. The zero-order valence-corrected chi connectivity index (χ0v) is 11.5. The van der Waals surface area contributed by atoms with Crippen LogP contribution in [0.2, 0.25) is 0 Å². The minimum absolute atomic E-state index is 0.0943.